The molecule has 2 saturated heterocycles. The summed E-state index contributed by atoms with van der Waals surface area (Å²) in [6.45, 7) is 13.7. The maximum atomic E-state index is 13.4. The molecule has 0 amide bonds. The Balaban J connectivity index is 1.20. The Morgan fingerprint density at radius 2 is 1.80 bits per heavy atom. The average molecular weight is 709 g/mol. The number of ether oxygens (including phenoxy) is 1. The summed E-state index contributed by atoms with van der Waals surface area (Å²) in [7, 11) is 1.15. The van der Waals surface area contributed by atoms with Gasteiger partial charge in [0.05, 0.1) is 33.8 Å². The van der Waals surface area contributed by atoms with Crippen LogP contribution in [0.5, 0.6) is 5.75 Å². The number of hydrogen-bond donors (Lipinski definition) is 2. The van der Waals surface area contributed by atoms with Gasteiger partial charge in [-0.3, -0.25) is 14.9 Å². The fraction of sp³-hybridized carbons (Fsp3) is 0.455. The molecule has 4 heterocycles. The summed E-state index contributed by atoms with van der Waals surface area (Å²) in [5.74, 6) is 1.64. The summed E-state index contributed by atoms with van der Waals surface area (Å²) < 4.78 is 19.9. The largest absolute Gasteiger partial charge is 0.494 e. The number of nitrogens with one attached hydrogen (secondary N) is 2. The van der Waals surface area contributed by atoms with Gasteiger partial charge >= 0.3 is 0 Å². The van der Waals surface area contributed by atoms with E-state index < -0.39 is 7.14 Å². The standard InChI is InChI=1S/C33H43BrN9O2P/c1-7-42-19-23(20-42)43-14-10-22(11-15-43)41(3)28-17-29(45-4)27(16-21(28)2)39-33-37-18-24(34)32(40-33)38-26-9-8-25-30(36-13-12-35-25)31(26)46(5,6)44/h8-9,12-13,16-18,22-23H,7,10-11,14-15,19-20H2,1-6H3,(H2,37,38,39,40). The van der Waals surface area contributed by atoms with Gasteiger partial charge in [-0.25, -0.2) is 4.98 Å². The lowest BCUT2D eigenvalue weighted by molar-refractivity contribution is 0.0238. The summed E-state index contributed by atoms with van der Waals surface area (Å²) in [5, 5.41) is 7.36. The second kappa shape index (κ2) is 13.4. The molecule has 2 aromatic carbocycles. The summed E-state index contributed by atoms with van der Waals surface area (Å²) >= 11 is 3.58. The molecule has 2 aliphatic heterocycles. The van der Waals surface area contributed by atoms with Crippen molar-refractivity contribution in [3.8, 4) is 5.75 Å². The summed E-state index contributed by atoms with van der Waals surface area (Å²) in [6, 6.07) is 9.14. The van der Waals surface area contributed by atoms with E-state index in [4.69, 9.17) is 9.72 Å². The number of aryl methyl sites for hydroxylation is 1. The van der Waals surface area contributed by atoms with E-state index in [0.717, 1.165) is 55.5 Å². The molecule has 0 radical (unpaired) electrons. The molecular weight excluding hydrogens is 665 g/mol. The molecule has 4 aromatic rings. The van der Waals surface area contributed by atoms with Crippen LogP contribution < -0.4 is 25.6 Å². The van der Waals surface area contributed by atoms with Gasteiger partial charge in [0.15, 0.2) is 0 Å². The van der Waals surface area contributed by atoms with E-state index in [1.807, 2.05) is 12.1 Å². The number of hydrogen-bond acceptors (Lipinski definition) is 11. The fourth-order valence-electron chi connectivity index (χ4n) is 6.62. The first-order valence-corrected chi connectivity index (χ1v) is 19.2. The third-order valence-electron chi connectivity index (χ3n) is 9.24. The number of nitrogens with zero attached hydrogens (tertiary/aromatic N) is 7. The SMILES string of the molecule is CCN1CC(N2CCC(N(C)c3cc(OC)c(Nc4ncc(Br)c(Nc5ccc6nccnc6c5P(C)(C)=O)n4)cc3C)CC2)C1. The fourth-order valence-corrected chi connectivity index (χ4v) is 8.30. The highest BCUT2D eigenvalue weighted by atomic mass is 79.9. The lowest BCUT2D eigenvalue weighted by Crippen LogP contribution is -2.61. The number of benzene rings is 2. The highest BCUT2D eigenvalue weighted by Crippen LogP contribution is 2.41. The average Bonchev–Trinajstić information content (AvgIpc) is 3.01. The maximum absolute atomic E-state index is 13.4. The van der Waals surface area contributed by atoms with Crippen LogP contribution in [0.25, 0.3) is 11.0 Å². The number of piperidine rings is 1. The van der Waals surface area contributed by atoms with Crippen LogP contribution in [0, 0.1) is 6.92 Å². The zero-order valence-corrected chi connectivity index (χ0v) is 29.9. The van der Waals surface area contributed by atoms with Crippen molar-refractivity contribution in [1.29, 1.82) is 0 Å². The highest BCUT2D eigenvalue weighted by molar-refractivity contribution is 9.10. The quantitative estimate of drug-likeness (QED) is 0.194. The molecule has 0 unspecified atom stereocenters. The van der Waals surface area contributed by atoms with E-state index in [1.165, 1.54) is 13.1 Å². The van der Waals surface area contributed by atoms with Gasteiger partial charge in [-0.05, 0) is 79.3 Å². The van der Waals surface area contributed by atoms with E-state index in [2.05, 4.69) is 89.2 Å². The Morgan fingerprint density at radius 1 is 1.07 bits per heavy atom. The molecule has 6 rings (SSSR count). The number of anilines is 5. The van der Waals surface area contributed by atoms with Crippen molar-refractivity contribution in [3.05, 3.63) is 52.9 Å². The van der Waals surface area contributed by atoms with E-state index in [-0.39, 0.29) is 0 Å². The minimum absolute atomic E-state index is 0.396. The van der Waals surface area contributed by atoms with Gasteiger partial charge in [-0.15, -0.1) is 0 Å². The molecule has 0 atom stereocenters. The third-order valence-corrected chi connectivity index (χ3v) is 11.4. The van der Waals surface area contributed by atoms with E-state index in [0.29, 0.717) is 50.1 Å². The van der Waals surface area contributed by atoms with Crippen LogP contribution in [0.15, 0.2) is 47.3 Å². The lowest BCUT2D eigenvalue weighted by Gasteiger charge is -2.48. The van der Waals surface area contributed by atoms with Crippen LogP contribution in [0.1, 0.15) is 25.3 Å². The predicted molar refractivity (Wildman–Crippen MR) is 192 cm³/mol. The van der Waals surface area contributed by atoms with E-state index in [9.17, 15) is 4.57 Å². The molecule has 11 nitrogen and oxygen atoms in total. The molecule has 0 bridgehead atoms. The Morgan fingerprint density at radius 3 is 2.50 bits per heavy atom. The normalized spacial score (nSPS) is 16.8. The van der Waals surface area contributed by atoms with Crippen molar-refractivity contribution in [1.82, 2.24) is 29.7 Å². The third kappa shape index (κ3) is 6.72. The Bertz CT molecular complexity index is 1770. The smallest absolute Gasteiger partial charge is 0.229 e. The van der Waals surface area contributed by atoms with Gasteiger partial charge in [0, 0.05) is 75.7 Å². The minimum Gasteiger partial charge on any atom is -0.494 e. The number of rotatable bonds is 10. The van der Waals surface area contributed by atoms with Crippen molar-refractivity contribution in [2.75, 3.05) is 75.7 Å². The van der Waals surface area contributed by atoms with Crippen molar-refractivity contribution in [3.63, 3.8) is 0 Å². The number of likely N-dealkylation sites (N-methyl/N-ethyl adjacent to an activating group) is 1. The van der Waals surface area contributed by atoms with Crippen LogP contribution in [0.3, 0.4) is 0 Å². The second-order valence-electron chi connectivity index (χ2n) is 12.6. The van der Waals surface area contributed by atoms with Crippen LogP contribution in [-0.2, 0) is 4.57 Å². The van der Waals surface area contributed by atoms with Crippen LogP contribution in [0.2, 0.25) is 0 Å². The van der Waals surface area contributed by atoms with E-state index >= 15 is 0 Å². The van der Waals surface area contributed by atoms with Crippen LogP contribution >= 0.6 is 23.1 Å². The number of halogens is 1. The van der Waals surface area contributed by atoms with Gasteiger partial charge in [-0.2, -0.15) is 4.98 Å². The monoisotopic (exact) mass is 707 g/mol. The minimum atomic E-state index is -2.73. The van der Waals surface area contributed by atoms with Crippen molar-refractivity contribution in [2.24, 2.45) is 0 Å². The van der Waals surface area contributed by atoms with Crippen molar-refractivity contribution in [2.45, 2.75) is 38.8 Å². The predicted octanol–water partition coefficient (Wildman–Crippen LogP) is 5.84. The molecular formula is C33H43BrN9O2P. The molecule has 46 heavy (non-hydrogen) atoms. The maximum Gasteiger partial charge on any atom is 0.229 e. The first-order chi connectivity index (χ1) is 22.0. The highest BCUT2D eigenvalue weighted by Gasteiger charge is 2.34. The van der Waals surface area contributed by atoms with Crippen molar-refractivity contribution >= 4 is 68.2 Å². The Kier molecular flexibility index (Phi) is 9.53. The van der Waals surface area contributed by atoms with Crippen molar-refractivity contribution < 1.29 is 9.30 Å². The van der Waals surface area contributed by atoms with Gasteiger partial charge < -0.3 is 29.7 Å². The lowest BCUT2D eigenvalue weighted by atomic mass is 9.98. The molecule has 2 fully saturated rings. The molecule has 2 aliphatic rings. The van der Waals surface area contributed by atoms with Crippen LogP contribution in [0.4, 0.5) is 28.8 Å². The number of fused-ring (bicyclic) bond motifs is 1. The molecule has 0 aliphatic carbocycles. The second-order valence-corrected chi connectivity index (χ2v) is 16.6. The first kappa shape index (κ1) is 32.6. The van der Waals surface area contributed by atoms with Gasteiger partial charge in [0.25, 0.3) is 0 Å². The number of aromatic nitrogens is 4. The van der Waals surface area contributed by atoms with Gasteiger partial charge in [0.2, 0.25) is 5.95 Å². The van der Waals surface area contributed by atoms with Crippen LogP contribution in [-0.4, -0.2) is 102 Å². The zero-order valence-electron chi connectivity index (χ0n) is 27.4. The number of methoxy groups -OCH3 is 1. The first-order valence-electron chi connectivity index (χ1n) is 15.8. The molecule has 2 N–H and O–H groups in total. The zero-order chi connectivity index (χ0) is 32.6. The van der Waals surface area contributed by atoms with Gasteiger partial charge in [-0.1, -0.05) is 6.92 Å². The van der Waals surface area contributed by atoms with E-state index in [1.54, 1.807) is 39.0 Å². The molecule has 244 valence electrons. The summed E-state index contributed by atoms with van der Waals surface area (Å²) in [5.41, 5.74) is 5.05. The Labute approximate surface area is 279 Å². The molecule has 13 heteroatoms. The topological polar surface area (TPSA) is 112 Å². The molecule has 2 aromatic heterocycles. The summed E-state index contributed by atoms with van der Waals surface area (Å²) in [4.78, 5) is 25.8. The molecule has 0 saturated carbocycles. The Hall–Kier alpha value is -3.31. The van der Waals surface area contributed by atoms with Gasteiger partial charge in [0.1, 0.15) is 24.2 Å². The summed E-state index contributed by atoms with van der Waals surface area (Å²) in [6.07, 6.45) is 7.24. The molecule has 0 spiro atoms. The number of likely N-dealkylation sites (tertiary alicyclic amines) is 2.